The van der Waals surface area contributed by atoms with Crippen LogP contribution >= 0.6 is 0 Å². The average molecular weight is 297 g/mol. The summed E-state index contributed by atoms with van der Waals surface area (Å²) < 4.78 is 0. The van der Waals surface area contributed by atoms with Crippen LogP contribution in [0.15, 0.2) is 36.4 Å². The van der Waals surface area contributed by atoms with Gasteiger partial charge in [-0.25, -0.2) is 0 Å². The van der Waals surface area contributed by atoms with Crippen molar-refractivity contribution in [3.63, 3.8) is 0 Å². The van der Waals surface area contributed by atoms with Crippen LogP contribution in [0.1, 0.15) is 32.4 Å². The van der Waals surface area contributed by atoms with Crippen molar-refractivity contribution in [1.82, 2.24) is 15.2 Å². The molecule has 1 fully saturated rings. The summed E-state index contributed by atoms with van der Waals surface area (Å²) in [6.07, 6.45) is 1.60. The molecule has 2 aromatic rings. The average Bonchev–Trinajstić information content (AvgIpc) is 2.91. The van der Waals surface area contributed by atoms with E-state index in [1.54, 1.807) is 0 Å². The van der Waals surface area contributed by atoms with E-state index in [2.05, 4.69) is 48.3 Å². The molecule has 1 aromatic heterocycles. The van der Waals surface area contributed by atoms with Crippen LogP contribution in [-0.4, -0.2) is 34.4 Å². The molecule has 0 radical (unpaired) electrons. The highest BCUT2D eigenvalue weighted by Crippen LogP contribution is 2.16. The number of hydrogen-bond donors (Lipinski definition) is 1. The molecule has 1 atom stereocenters. The van der Waals surface area contributed by atoms with Crippen molar-refractivity contribution >= 4 is 16.8 Å². The third-order valence-electron chi connectivity index (χ3n) is 4.29. The number of carbonyl (C=O) groups is 1. The fourth-order valence-corrected chi connectivity index (χ4v) is 2.96. The van der Waals surface area contributed by atoms with Gasteiger partial charge >= 0.3 is 0 Å². The fraction of sp³-hybridized carbons (Fsp3) is 0.444. The molecular formula is C18H23N3O. The molecule has 0 aliphatic carbocycles. The largest absolute Gasteiger partial charge is 0.352 e. The first kappa shape index (κ1) is 15.0. The topological polar surface area (TPSA) is 45.2 Å². The minimum Gasteiger partial charge on any atom is -0.352 e. The number of pyridine rings is 1. The zero-order valence-electron chi connectivity index (χ0n) is 13.2. The van der Waals surface area contributed by atoms with Crippen LogP contribution in [0.3, 0.4) is 0 Å². The first-order valence-corrected chi connectivity index (χ1v) is 8.00. The fourth-order valence-electron chi connectivity index (χ4n) is 2.96. The molecule has 0 spiro atoms. The molecule has 1 aromatic carbocycles. The quantitative estimate of drug-likeness (QED) is 0.923. The maximum atomic E-state index is 11.4. The van der Waals surface area contributed by atoms with Gasteiger partial charge in [0, 0.05) is 37.0 Å². The number of para-hydroxylation sites is 1. The van der Waals surface area contributed by atoms with E-state index in [9.17, 15) is 4.79 Å². The van der Waals surface area contributed by atoms with E-state index in [0.29, 0.717) is 12.5 Å². The van der Waals surface area contributed by atoms with Crippen LogP contribution in [0.25, 0.3) is 10.9 Å². The molecule has 0 unspecified atom stereocenters. The Labute approximate surface area is 131 Å². The smallest absolute Gasteiger partial charge is 0.220 e. The number of nitrogens with one attached hydrogen (secondary N) is 1. The molecular weight excluding hydrogens is 274 g/mol. The molecule has 1 aliphatic rings. The number of benzene rings is 1. The normalized spacial score (nSPS) is 18.4. The lowest BCUT2D eigenvalue weighted by molar-refractivity contribution is -0.119. The second-order valence-corrected chi connectivity index (χ2v) is 6.32. The standard InChI is InChI=1S/C18H23N3O/c1-13(2)21(12-16-9-10-18(22)20-16)11-15-8-7-14-5-3-4-6-17(14)19-15/h3-8,13,16H,9-12H2,1-2H3,(H,20,22)/t16-/m0/s1. The van der Waals surface area contributed by atoms with Gasteiger partial charge in [-0.05, 0) is 32.4 Å². The molecule has 22 heavy (non-hydrogen) atoms. The Morgan fingerprint density at radius 3 is 2.82 bits per heavy atom. The summed E-state index contributed by atoms with van der Waals surface area (Å²) in [5, 5.41) is 4.23. The minimum atomic E-state index is 0.178. The summed E-state index contributed by atoms with van der Waals surface area (Å²) in [6, 6.07) is 13.1. The van der Waals surface area contributed by atoms with Crippen LogP contribution in [0, 0.1) is 0 Å². The number of aromatic nitrogens is 1. The van der Waals surface area contributed by atoms with Gasteiger partial charge in [0.25, 0.3) is 0 Å². The Morgan fingerprint density at radius 1 is 1.27 bits per heavy atom. The van der Waals surface area contributed by atoms with Crippen molar-refractivity contribution in [2.45, 2.75) is 45.3 Å². The Morgan fingerprint density at radius 2 is 2.09 bits per heavy atom. The highest BCUT2D eigenvalue weighted by molar-refractivity contribution is 5.78. The lowest BCUT2D eigenvalue weighted by Crippen LogP contribution is -2.41. The van der Waals surface area contributed by atoms with Gasteiger partial charge < -0.3 is 5.32 Å². The molecule has 116 valence electrons. The second-order valence-electron chi connectivity index (χ2n) is 6.32. The third kappa shape index (κ3) is 3.45. The van der Waals surface area contributed by atoms with Crippen molar-refractivity contribution in [2.24, 2.45) is 0 Å². The number of fused-ring (bicyclic) bond motifs is 1. The number of carbonyl (C=O) groups excluding carboxylic acids is 1. The predicted molar refractivity (Wildman–Crippen MR) is 88.5 cm³/mol. The summed E-state index contributed by atoms with van der Waals surface area (Å²) in [6.45, 7) is 6.09. The molecule has 2 heterocycles. The third-order valence-corrected chi connectivity index (χ3v) is 4.29. The summed E-state index contributed by atoms with van der Waals surface area (Å²) in [5.41, 5.74) is 2.12. The molecule has 1 N–H and O–H groups in total. The van der Waals surface area contributed by atoms with Gasteiger partial charge in [0.1, 0.15) is 0 Å². The number of hydrogen-bond acceptors (Lipinski definition) is 3. The van der Waals surface area contributed by atoms with Crippen molar-refractivity contribution in [3.05, 3.63) is 42.1 Å². The zero-order valence-corrected chi connectivity index (χ0v) is 13.2. The molecule has 0 bridgehead atoms. The van der Waals surface area contributed by atoms with Crippen LogP contribution < -0.4 is 5.32 Å². The number of rotatable bonds is 5. The monoisotopic (exact) mass is 297 g/mol. The molecule has 3 rings (SSSR count). The number of nitrogens with zero attached hydrogens (tertiary/aromatic N) is 2. The highest BCUT2D eigenvalue weighted by Gasteiger charge is 2.24. The summed E-state index contributed by atoms with van der Waals surface area (Å²) in [5.74, 6) is 0.178. The molecule has 4 nitrogen and oxygen atoms in total. The SMILES string of the molecule is CC(C)N(Cc1ccc2ccccc2n1)C[C@@H]1CCC(=O)N1. The molecule has 1 aliphatic heterocycles. The van der Waals surface area contributed by atoms with Gasteiger partial charge in [0.2, 0.25) is 5.91 Å². The van der Waals surface area contributed by atoms with E-state index in [1.807, 2.05) is 12.1 Å². The Balaban J connectivity index is 1.72. The van der Waals surface area contributed by atoms with Crippen molar-refractivity contribution in [3.8, 4) is 0 Å². The van der Waals surface area contributed by atoms with Gasteiger partial charge in [0.05, 0.1) is 11.2 Å². The highest BCUT2D eigenvalue weighted by atomic mass is 16.1. The molecule has 0 saturated carbocycles. The summed E-state index contributed by atoms with van der Waals surface area (Å²) in [4.78, 5) is 18.5. The van der Waals surface area contributed by atoms with Gasteiger partial charge in [-0.15, -0.1) is 0 Å². The Bertz CT molecular complexity index is 668. The van der Waals surface area contributed by atoms with Crippen LogP contribution in [0.4, 0.5) is 0 Å². The van der Waals surface area contributed by atoms with E-state index < -0.39 is 0 Å². The van der Waals surface area contributed by atoms with E-state index in [0.717, 1.165) is 30.7 Å². The van der Waals surface area contributed by atoms with Crippen molar-refractivity contribution in [2.75, 3.05) is 6.54 Å². The van der Waals surface area contributed by atoms with Gasteiger partial charge in [-0.2, -0.15) is 0 Å². The van der Waals surface area contributed by atoms with Gasteiger partial charge in [0.15, 0.2) is 0 Å². The zero-order chi connectivity index (χ0) is 15.5. The Hall–Kier alpha value is -1.94. The molecule has 4 heteroatoms. The lowest BCUT2D eigenvalue weighted by Gasteiger charge is -2.28. The van der Waals surface area contributed by atoms with Crippen molar-refractivity contribution < 1.29 is 4.79 Å². The summed E-state index contributed by atoms with van der Waals surface area (Å²) >= 11 is 0. The van der Waals surface area contributed by atoms with Crippen LogP contribution in [0.5, 0.6) is 0 Å². The maximum Gasteiger partial charge on any atom is 0.220 e. The first-order valence-electron chi connectivity index (χ1n) is 8.00. The molecule has 1 saturated heterocycles. The van der Waals surface area contributed by atoms with Crippen LogP contribution in [-0.2, 0) is 11.3 Å². The maximum absolute atomic E-state index is 11.4. The van der Waals surface area contributed by atoms with Crippen molar-refractivity contribution in [1.29, 1.82) is 0 Å². The van der Waals surface area contributed by atoms with Gasteiger partial charge in [-0.1, -0.05) is 24.3 Å². The second kappa shape index (κ2) is 6.44. The van der Waals surface area contributed by atoms with Crippen LogP contribution in [0.2, 0.25) is 0 Å². The van der Waals surface area contributed by atoms with E-state index in [-0.39, 0.29) is 11.9 Å². The van der Waals surface area contributed by atoms with E-state index in [1.165, 1.54) is 5.39 Å². The van der Waals surface area contributed by atoms with Gasteiger partial charge in [-0.3, -0.25) is 14.7 Å². The lowest BCUT2D eigenvalue weighted by atomic mass is 10.1. The predicted octanol–water partition coefficient (Wildman–Crippen LogP) is 2.72. The Kier molecular flexibility index (Phi) is 4.39. The van der Waals surface area contributed by atoms with E-state index in [4.69, 9.17) is 4.98 Å². The molecule has 1 amide bonds. The summed E-state index contributed by atoms with van der Waals surface area (Å²) in [7, 11) is 0. The first-order chi connectivity index (χ1) is 10.6. The van der Waals surface area contributed by atoms with E-state index >= 15 is 0 Å². The minimum absolute atomic E-state index is 0.178. The number of amides is 1.